The molecular formula is C55H37NOS. The smallest absolute Gasteiger partial charge is 0.137 e. The van der Waals surface area contributed by atoms with Crippen molar-refractivity contribution in [3.63, 3.8) is 0 Å². The van der Waals surface area contributed by atoms with Crippen molar-refractivity contribution in [1.82, 2.24) is 0 Å². The molecule has 2 heterocycles. The number of rotatable bonds is 5. The highest BCUT2D eigenvalue weighted by Crippen LogP contribution is 2.52. The monoisotopic (exact) mass is 759 g/mol. The van der Waals surface area contributed by atoms with Gasteiger partial charge in [-0.1, -0.05) is 147 Å². The molecule has 0 unspecified atom stereocenters. The van der Waals surface area contributed by atoms with Gasteiger partial charge in [-0.25, -0.2) is 0 Å². The van der Waals surface area contributed by atoms with E-state index in [0.717, 1.165) is 39.0 Å². The van der Waals surface area contributed by atoms with E-state index in [1.807, 2.05) is 11.3 Å². The third-order valence-corrected chi connectivity index (χ3v) is 13.6. The maximum absolute atomic E-state index is 6.97. The maximum Gasteiger partial charge on any atom is 0.137 e. The number of hydrogen-bond donors (Lipinski definition) is 0. The van der Waals surface area contributed by atoms with Crippen molar-refractivity contribution in [3.05, 3.63) is 199 Å². The van der Waals surface area contributed by atoms with Crippen molar-refractivity contribution in [2.45, 2.75) is 19.3 Å². The van der Waals surface area contributed by atoms with Gasteiger partial charge in [-0.15, -0.1) is 11.3 Å². The lowest BCUT2D eigenvalue weighted by molar-refractivity contribution is 0.660. The van der Waals surface area contributed by atoms with Crippen LogP contribution in [0.15, 0.2) is 192 Å². The van der Waals surface area contributed by atoms with E-state index in [4.69, 9.17) is 4.42 Å². The van der Waals surface area contributed by atoms with Gasteiger partial charge in [0.1, 0.15) is 11.2 Å². The molecule has 3 heteroatoms. The lowest BCUT2D eigenvalue weighted by Crippen LogP contribution is -2.16. The van der Waals surface area contributed by atoms with E-state index in [1.165, 1.54) is 75.5 Å². The molecule has 0 saturated heterocycles. The molecule has 1 aliphatic carbocycles. The number of furan rings is 1. The minimum absolute atomic E-state index is 0.137. The number of hydrogen-bond acceptors (Lipinski definition) is 3. The van der Waals surface area contributed by atoms with Crippen molar-refractivity contribution in [2.75, 3.05) is 4.90 Å². The van der Waals surface area contributed by atoms with Crippen LogP contribution in [0.5, 0.6) is 0 Å². The van der Waals surface area contributed by atoms with E-state index in [2.05, 4.69) is 207 Å². The molecule has 0 aliphatic heterocycles. The van der Waals surface area contributed by atoms with E-state index < -0.39 is 0 Å². The zero-order chi connectivity index (χ0) is 38.5. The van der Waals surface area contributed by atoms with Gasteiger partial charge in [-0.3, -0.25) is 0 Å². The Hall–Kier alpha value is -6.94. The zero-order valence-electron chi connectivity index (χ0n) is 32.2. The topological polar surface area (TPSA) is 16.4 Å². The molecule has 1 aliphatic rings. The quantitative estimate of drug-likeness (QED) is 0.174. The molecule has 0 amide bonds. The SMILES string of the molecule is CC1(C)c2ccccc2-c2ccc(N(c3ccc(-c4ccccc4)cc3)c3cccc4oc5cc(-c6cccc7sc8ccccc8c67)c6ccccc6c5c34)cc21. The van der Waals surface area contributed by atoms with Crippen LogP contribution < -0.4 is 4.90 Å². The third kappa shape index (κ3) is 4.84. The van der Waals surface area contributed by atoms with Gasteiger partial charge in [-0.2, -0.15) is 0 Å². The van der Waals surface area contributed by atoms with E-state index in [0.29, 0.717) is 0 Å². The van der Waals surface area contributed by atoms with Crippen LogP contribution in [0.2, 0.25) is 0 Å². The van der Waals surface area contributed by atoms with Crippen molar-refractivity contribution in [2.24, 2.45) is 0 Å². The fraction of sp³-hybridized carbons (Fsp3) is 0.0545. The Morgan fingerprint density at radius 3 is 1.93 bits per heavy atom. The molecule has 0 fully saturated rings. The minimum atomic E-state index is -0.137. The Morgan fingerprint density at radius 1 is 0.414 bits per heavy atom. The second-order valence-corrected chi connectivity index (χ2v) is 17.1. The first kappa shape index (κ1) is 33.2. The van der Waals surface area contributed by atoms with Gasteiger partial charge in [0.15, 0.2) is 0 Å². The molecule has 11 aromatic rings. The van der Waals surface area contributed by atoms with Crippen LogP contribution in [0.4, 0.5) is 17.1 Å². The summed E-state index contributed by atoms with van der Waals surface area (Å²) < 4.78 is 9.57. The summed E-state index contributed by atoms with van der Waals surface area (Å²) in [6.07, 6.45) is 0. The van der Waals surface area contributed by atoms with E-state index in [-0.39, 0.29) is 5.41 Å². The highest BCUT2D eigenvalue weighted by atomic mass is 32.1. The predicted molar refractivity (Wildman–Crippen MR) is 247 cm³/mol. The Kier molecular flexibility index (Phi) is 7.18. The van der Waals surface area contributed by atoms with Gasteiger partial charge >= 0.3 is 0 Å². The van der Waals surface area contributed by atoms with Gasteiger partial charge in [0.2, 0.25) is 0 Å². The first-order valence-electron chi connectivity index (χ1n) is 20.0. The maximum atomic E-state index is 6.97. The van der Waals surface area contributed by atoms with Crippen LogP contribution in [0, 0.1) is 0 Å². The van der Waals surface area contributed by atoms with Gasteiger partial charge in [0, 0.05) is 42.3 Å². The summed E-state index contributed by atoms with van der Waals surface area (Å²) >= 11 is 1.86. The minimum Gasteiger partial charge on any atom is -0.456 e. The summed E-state index contributed by atoms with van der Waals surface area (Å²) in [6.45, 7) is 4.71. The molecule has 58 heavy (non-hydrogen) atoms. The molecule has 2 nitrogen and oxygen atoms in total. The second kappa shape index (κ2) is 12.5. The average molecular weight is 760 g/mol. The van der Waals surface area contributed by atoms with Crippen LogP contribution in [-0.2, 0) is 5.41 Å². The van der Waals surface area contributed by atoms with Gasteiger partial charge < -0.3 is 9.32 Å². The van der Waals surface area contributed by atoms with Crippen molar-refractivity contribution in [3.8, 4) is 33.4 Å². The molecule has 0 saturated carbocycles. The van der Waals surface area contributed by atoms with E-state index in [1.54, 1.807) is 0 Å². The molecule has 2 aromatic heterocycles. The van der Waals surface area contributed by atoms with Crippen LogP contribution in [-0.4, -0.2) is 0 Å². The van der Waals surface area contributed by atoms with Gasteiger partial charge in [0.05, 0.1) is 11.1 Å². The molecule has 0 atom stereocenters. The lowest BCUT2D eigenvalue weighted by atomic mass is 9.82. The molecule has 274 valence electrons. The van der Waals surface area contributed by atoms with Crippen LogP contribution >= 0.6 is 11.3 Å². The summed E-state index contributed by atoms with van der Waals surface area (Å²) in [7, 11) is 0. The summed E-state index contributed by atoms with van der Waals surface area (Å²) in [5.74, 6) is 0. The van der Waals surface area contributed by atoms with Gasteiger partial charge in [0.25, 0.3) is 0 Å². The number of anilines is 3. The Balaban J connectivity index is 1.12. The summed E-state index contributed by atoms with van der Waals surface area (Å²) in [6, 6.07) is 68.7. The molecule has 12 rings (SSSR count). The van der Waals surface area contributed by atoms with Crippen molar-refractivity contribution >= 4 is 81.3 Å². The number of benzene rings is 9. The highest BCUT2D eigenvalue weighted by molar-refractivity contribution is 7.25. The fourth-order valence-electron chi connectivity index (χ4n) is 9.76. The zero-order valence-corrected chi connectivity index (χ0v) is 33.0. The average Bonchev–Trinajstić information content (AvgIpc) is 3.92. The third-order valence-electron chi connectivity index (χ3n) is 12.5. The second-order valence-electron chi connectivity index (χ2n) is 16.0. The number of nitrogens with zero attached hydrogens (tertiary/aromatic N) is 1. The normalized spacial score (nSPS) is 13.1. The Bertz CT molecular complexity index is 3420. The summed E-state index contributed by atoms with van der Waals surface area (Å²) in [4.78, 5) is 2.44. The number of fused-ring (bicyclic) bond motifs is 11. The van der Waals surface area contributed by atoms with Crippen molar-refractivity contribution in [1.29, 1.82) is 0 Å². The van der Waals surface area contributed by atoms with Crippen LogP contribution in [0.25, 0.3) is 86.3 Å². The molecule has 0 bridgehead atoms. The largest absolute Gasteiger partial charge is 0.456 e. The Morgan fingerprint density at radius 2 is 1.07 bits per heavy atom. The molecule has 0 N–H and O–H groups in total. The van der Waals surface area contributed by atoms with Crippen LogP contribution in [0.3, 0.4) is 0 Å². The summed E-state index contributed by atoms with van der Waals surface area (Å²) in [5.41, 5.74) is 15.1. The van der Waals surface area contributed by atoms with Gasteiger partial charge in [-0.05, 0) is 110 Å². The first-order chi connectivity index (χ1) is 28.5. The number of thiophene rings is 1. The van der Waals surface area contributed by atoms with Crippen LogP contribution in [0.1, 0.15) is 25.0 Å². The van der Waals surface area contributed by atoms with E-state index in [9.17, 15) is 0 Å². The molecule has 9 aromatic carbocycles. The fourth-order valence-corrected chi connectivity index (χ4v) is 10.9. The molecule has 0 radical (unpaired) electrons. The lowest BCUT2D eigenvalue weighted by Gasteiger charge is -2.29. The molecular weight excluding hydrogens is 723 g/mol. The van der Waals surface area contributed by atoms with E-state index >= 15 is 0 Å². The predicted octanol–water partition coefficient (Wildman–Crippen LogP) is 16.2. The molecule has 0 spiro atoms. The van der Waals surface area contributed by atoms with Crippen molar-refractivity contribution < 1.29 is 4.42 Å². The summed E-state index contributed by atoms with van der Waals surface area (Å²) in [5, 5.41) is 7.23. The standard InChI is InChI=1S/C55H37NOS/c1-55(2)45-21-10-8-17-39(45)40-31-30-37(32-46(40)55)56(36-28-26-35(27-29-36)34-14-4-3-5-15-34)47-22-13-23-48-54(47)53-41-18-7-6-16-38(41)44(33-49(53)57-48)42-20-12-25-51-52(42)43-19-9-11-24-50(43)58-51/h3-33H,1-2H3. The highest BCUT2D eigenvalue weighted by Gasteiger charge is 2.36. The first-order valence-corrected chi connectivity index (χ1v) is 20.8. The Labute approximate surface area is 340 Å².